The van der Waals surface area contributed by atoms with Gasteiger partial charge in [-0.3, -0.25) is 4.79 Å². The Morgan fingerprint density at radius 1 is 1.44 bits per heavy atom. The summed E-state index contributed by atoms with van der Waals surface area (Å²) in [5, 5.41) is 0. The first-order valence-corrected chi connectivity index (χ1v) is 5.30. The molecule has 1 aromatic heterocycles. The number of carbonyl (C=O) groups is 1. The highest BCUT2D eigenvalue weighted by Gasteiger charge is 2.34. The Balaban J connectivity index is 2.93. The molecule has 0 radical (unpaired) electrons. The number of rotatable bonds is 3. The average Bonchev–Trinajstić information content (AvgIpc) is 2.24. The van der Waals surface area contributed by atoms with Crippen molar-refractivity contribution >= 4 is 11.7 Å². The highest BCUT2D eigenvalue weighted by Crippen LogP contribution is 2.19. The zero-order chi connectivity index (χ0) is 13.9. The van der Waals surface area contributed by atoms with E-state index in [0.29, 0.717) is 0 Å². The zero-order valence-electron chi connectivity index (χ0n) is 10.0. The van der Waals surface area contributed by atoms with E-state index in [4.69, 9.17) is 5.73 Å². The van der Waals surface area contributed by atoms with E-state index in [1.807, 2.05) is 0 Å². The highest BCUT2D eigenvalue weighted by molar-refractivity contribution is 5.94. The van der Waals surface area contributed by atoms with Crippen LogP contribution in [0, 0.1) is 0 Å². The molecule has 0 unspecified atom stereocenters. The molecular weight excluding hydrogens is 247 g/mol. The van der Waals surface area contributed by atoms with Gasteiger partial charge in [0.2, 0.25) is 0 Å². The highest BCUT2D eigenvalue weighted by atomic mass is 19.4. The second kappa shape index (κ2) is 5.24. The number of nitrogens with two attached hydrogens (primary N) is 1. The molecule has 0 spiro atoms. The quantitative estimate of drug-likeness (QED) is 0.906. The number of pyridine rings is 1. The summed E-state index contributed by atoms with van der Waals surface area (Å²) >= 11 is 0. The molecule has 0 atom stereocenters. The molecule has 0 saturated heterocycles. The summed E-state index contributed by atoms with van der Waals surface area (Å²) in [5.41, 5.74) is 5.43. The lowest BCUT2D eigenvalue weighted by Crippen LogP contribution is -2.43. The summed E-state index contributed by atoms with van der Waals surface area (Å²) < 4.78 is 37.1. The van der Waals surface area contributed by atoms with E-state index in [0.717, 1.165) is 4.90 Å². The molecule has 0 bridgehead atoms. The first kappa shape index (κ1) is 14.3. The molecule has 4 nitrogen and oxygen atoms in total. The van der Waals surface area contributed by atoms with Crippen molar-refractivity contribution in [3.63, 3.8) is 0 Å². The molecule has 0 aromatic carbocycles. The fraction of sp³-hybridized carbons (Fsp3) is 0.455. The van der Waals surface area contributed by atoms with E-state index in [1.165, 1.54) is 32.2 Å². The fourth-order valence-electron chi connectivity index (χ4n) is 1.38. The molecule has 100 valence electrons. The molecule has 1 amide bonds. The van der Waals surface area contributed by atoms with Crippen LogP contribution in [0.4, 0.5) is 19.0 Å². The SMILES string of the molecule is CC(C)N(CC(F)(F)F)C(=O)c1ccc(N)nc1. The molecule has 1 aromatic rings. The van der Waals surface area contributed by atoms with Gasteiger partial charge in [-0.05, 0) is 26.0 Å². The predicted octanol–water partition coefficient (Wildman–Crippen LogP) is 2.08. The van der Waals surface area contributed by atoms with Crippen LogP contribution in [0.3, 0.4) is 0 Å². The Morgan fingerprint density at radius 3 is 2.44 bits per heavy atom. The monoisotopic (exact) mass is 261 g/mol. The van der Waals surface area contributed by atoms with Crippen LogP contribution < -0.4 is 5.73 Å². The maximum atomic E-state index is 12.4. The van der Waals surface area contributed by atoms with Crippen LogP contribution in [0.2, 0.25) is 0 Å². The van der Waals surface area contributed by atoms with Gasteiger partial charge in [0.05, 0.1) is 5.56 Å². The number of halogens is 3. The Hall–Kier alpha value is -1.79. The van der Waals surface area contributed by atoms with Gasteiger partial charge in [0.1, 0.15) is 12.4 Å². The Labute approximate surface area is 103 Å². The normalized spacial score (nSPS) is 11.7. The summed E-state index contributed by atoms with van der Waals surface area (Å²) in [7, 11) is 0. The van der Waals surface area contributed by atoms with Gasteiger partial charge in [-0.2, -0.15) is 13.2 Å². The van der Waals surface area contributed by atoms with Gasteiger partial charge in [-0.1, -0.05) is 0 Å². The summed E-state index contributed by atoms with van der Waals surface area (Å²) in [4.78, 5) is 16.4. The van der Waals surface area contributed by atoms with Crippen molar-refractivity contribution in [2.75, 3.05) is 12.3 Å². The van der Waals surface area contributed by atoms with Gasteiger partial charge in [-0.25, -0.2) is 4.98 Å². The molecule has 0 saturated carbocycles. The number of hydrogen-bond acceptors (Lipinski definition) is 3. The van der Waals surface area contributed by atoms with E-state index in [-0.39, 0.29) is 11.4 Å². The molecule has 0 aliphatic rings. The number of nitrogens with zero attached hydrogens (tertiary/aromatic N) is 2. The van der Waals surface area contributed by atoms with Crippen molar-refractivity contribution in [3.8, 4) is 0 Å². The minimum atomic E-state index is -4.43. The van der Waals surface area contributed by atoms with E-state index in [1.54, 1.807) is 0 Å². The summed E-state index contributed by atoms with van der Waals surface area (Å²) in [5.74, 6) is -0.506. The van der Waals surface area contributed by atoms with Crippen molar-refractivity contribution < 1.29 is 18.0 Å². The molecule has 1 heterocycles. The Kier molecular flexibility index (Phi) is 4.15. The second-order valence-electron chi connectivity index (χ2n) is 4.11. The third-order valence-electron chi connectivity index (χ3n) is 2.27. The first-order valence-electron chi connectivity index (χ1n) is 5.30. The van der Waals surface area contributed by atoms with Gasteiger partial charge >= 0.3 is 6.18 Å². The number of anilines is 1. The molecule has 0 fully saturated rings. The van der Waals surface area contributed by atoms with Gasteiger partial charge in [-0.15, -0.1) is 0 Å². The molecule has 7 heteroatoms. The number of hydrogen-bond donors (Lipinski definition) is 1. The summed E-state index contributed by atoms with van der Waals surface area (Å²) in [6.45, 7) is 1.76. The third-order valence-corrected chi connectivity index (χ3v) is 2.27. The van der Waals surface area contributed by atoms with Gasteiger partial charge in [0.25, 0.3) is 5.91 Å². The summed E-state index contributed by atoms with van der Waals surface area (Å²) in [6, 6.07) is 2.17. The van der Waals surface area contributed by atoms with E-state index in [9.17, 15) is 18.0 Å². The largest absolute Gasteiger partial charge is 0.406 e. The van der Waals surface area contributed by atoms with Crippen molar-refractivity contribution in [2.24, 2.45) is 0 Å². The lowest BCUT2D eigenvalue weighted by molar-refractivity contribution is -0.143. The van der Waals surface area contributed by atoms with Crippen molar-refractivity contribution in [3.05, 3.63) is 23.9 Å². The van der Waals surface area contributed by atoms with Crippen LogP contribution in [-0.2, 0) is 0 Å². The maximum absolute atomic E-state index is 12.4. The Bertz CT molecular complexity index is 415. The standard InChI is InChI=1S/C11H14F3N3O/c1-7(2)17(6-11(12,13)14)10(18)8-3-4-9(15)16-5-8/h3-5,7H,6H2,1-2H3,(H2,15,16). The predicted molar refractivity (Wildman–Crippen MR) is 60.9 cm³/mol. The van der Waals surface area contributed by atoms with Gasteiger partial charge in [0.15, 0.2) is 0 Å². The van der Waals surface area contributed by atoms with Gasteiger partial charge < -0.3 is 10.6 Å². The third kappa shape index (κ3) is 3.90. The van der Waals surface area contributed by atoms with Crippen LogP contribution in [0.25, 0.3) is 0 Å². The van der Waals surface area contributed by atoms with Crippen molar-refractivity contribution in [1.29, 1.82) is 0 Å². The average molecular weight is 261 g/mol. The Morgan fingerprint density at radius 2 is 2.06 bits per heavy atom. The smallest absolute Gasteiger partial charge is 0.384 e. The number of amides is 1. The molecule has 1 rings (SSSR count). The van der Waals surface area contributed by atoms with Gasteiger partial charge in [0, 0.05) is 12.2 Å². The zero-order valence-corrected chi connectivity index (χ0v) is 10.0. The lowest BCUT2D eigenvalue weighted by atomic mass is 10.2. The van der Waals surface area contributed by atoms with Crippen LogP contribution in [0.5, 0.6) is 0 Å². The van der Waals surface area contributed by atoms with Crippen LogP contribution >= 0.6 is 0 Å². The number of carbonyl (C=O) groups excluding carboxylic acids is 1. The van der Waals surface area contributed by atoms with E-state index in [2.05, 4.69) is 4.98 Å². The first-order chi connectivity index (χ1) is 8.20. The van der Waals surface area contributed by atoms with E-state index < -0.39 is 24.7 Å². The van der Waals surface area contributed by atoms with Crippen LogP contribution in [0.1, 0.15) is 24.2 Å². The topological polar surface area (TPSA) is 59.2 Å². The molecule has 18 heavy (non-hydrogen) atoms. The number of nitrogen functional groups attached to an aromatic ring is 1. The lowest BCUT2D eigenvalue weighted by Gasteiger charge is -2.27. The maximum Gasteiger partial charge on any atom is 0.406 e. The van der Waals surface area contributed by atoms with Crippen molar-refractivity contribution in [1.82, 2.24) is 9.88 Å². The number of aromatic nitrogens is 1. The van der Waals surface area contributed by atoms with E-state index >= 15 is 0 Å². The molecule has 0 aliphatic carbocycles. The molecular formula is C11H14F3N3O. The minimum absolute atomic E-state index is 0.0853. The van der Waals surface area contributed by atoms with Crippen LogP contribution in [0.15, 0.2) is 18.3 Å². The van der Waals surface area contributed by atoms with Crippen LogP contribution in [-0.4, -0.2) is 34.6 Å². The fourth-order valence-corrected chi connectivity index (χ4v) is 1.38. The minimum Gasteiger partial charge on any atom is -0.384 e. The summed E-state index contributed by atoms with van der Waals surface area (Å²) in [6.07, 6.45) is -3.26. The second-order valence-corrected chi connectivity index (χ2v) is 4.11. The molecule has 2 N–H and O–H groups in total. The molecule has 0 aliphatic heterocycles. The number of alkyl halides is 3. The van der Waals surface area contributed by atoms with Crippen molar-refractivity contribution in [2.45, 2.75) is 26.1 Å².